The number of hydrogen-bond acceptors (Lipinski definition) is 3. The second kappa shape index (κ2) is 8.85. The van der Waals surface area contributed by atoms with Crippen LogP contribution in [-0.4, -0.2) is 33.8 Å². The summed E-state index contributed by atoms with van der Waals surface area (Å²) in [6, 6.07) is 19.7. The summed E-state index contributed by atoms with van der Waals surface area (Å²) in [5.41, 5.74) is 8.01. The first-order valence-electron chi connectivity index (χ1n) is 10.2. The zero-order valence-corrected chi connectivity index (χ0v) is 17.8. The van der Waals surface area contributed by atoms with E-state index in [-0.39, 0.29) is 17.5 Å². The van der Waals surface area contributed by atoms with E-state index in [2.05, 4.69) is 0 Å². The van der Waals surface area contributed by atoms with E-state index in [1.54, 1.807) is 36.4 Å². The number of rotatable bonds is 5. The van der Waals surface area contributed by atoms with Gasteiger partial charge in [0, 0.05) is 5.02 Å². The largest absolute Gasteiger partial charge is 0.480 e. The third kappa shape index (κ3) is 3.97. The van der Waals surface area contributed by atoms with Gasteiger partial charge in [-0.3, -0.25) is 9.59 Å². The van der Waals surface area contributed by atoms with E-state index in [1.807, 2.05) is 30.3 Å². The third-order valence-corrected chi connectivity index (χ3v) is 6.14. The highest BCUT2D eigenvalue weighted by Crippen LogP contribution is 2.40. The predicted molar refractivity (Wildman–Crippen MR) is 121 cm³/mol. The predicted octanol–water partition coefficient (Wildman–Crippen LogP) is 4.54. The van der Waals surface area contributed by atoms with Gasteiger partial charge >= 0.3 is 5.97 Å². The van der Waals surface area contributed by atoms with E-state index in [0.717, 1.165) is 11.1 Å². The monoisotopic (exact) mass is 448 g/mol. The number of amides is 2. The number of aliphatic carboxylic acids is 1. The average Bonchev–Trinajstić information content (AvgIpc) is 3.24. The van der Waals surface area contributed by atoms with Crippen LogP contribution in [0.25, 0.3) is 11.1 Å². The number of benzene rings is 3. The fourth-order valence-electron chi connectivity index (χ4n) is 4.27. The summed E-state index contributed by atoms with van der Waals surface area (Å²) in [5.74, 6) is -2.42. The highest BCUT2D eigenvalue weighted by atomic mass is 35.5. The van der Waals surface area contributed by atoms with Crippen LogP contribution in [0, 0.1) is 0 Å². The van der Waals surface area contributed by atoms with Crippen molar-refractivity contribution in [3.63, 3.8) is 0 Å². The van der Waals surface area contributed by atoms with Gasteiger partial charge in [-0.05, 0) is 47.7 Å². The zero-order valence-electron chi connectivity index (χ0n) is 17.1. The number of carboxylic acid groups (broad SMARTS) is 1. The Labute approximate surface area is 190 Å². The fourth-order valence-corrected chi connectivity index (χ4v) is 4.53. The second-order valence-corrected chi connectivity index (χ2v) is 8.08. The molecule has 1 fully saturated rings. The quantitative estimate of drug-likeness (QED) is 0.598. The lowest BCUT2D eigenvalue weighted by molar-refractivity contribution is -0.141. The molecule has 2 atom stereocenters. The number of hydrogen-bond donors (Lipinski definition) is 2. The number of halogens is 1. The molecule has 0 bridgehead atoms. The highest BCUT2D eigenvalue weighted by Gasteiger charge is 2.43. The van der Waals surface area contributed by atoms with Crippen LogP contribution in [0.1, 0.15) is 45.2 Å². The van der Waals surface area contributed by atoms with Crippen molar-refractivity contribution < 1.29 is 19.5 Å². The minimum atomic E-state index is -1.10. The standard InChI is InChI=1S/C25H21ClN2O4/c26-20-9-5-4-8-18(20)21-12-13-22(25(31)32)28(21)24(30)17-11-10-16(14-19(17)23(27)29)15-6-2-1-3-7-15/h1-11,14,21-22H,12-13H2,(H2,27,29)(H,31,32)/t21-,22+/m1/s1. The Kier molecular flexibility index (Phi) is 5.97. The van der Waals surface area contributed by atoms with Crippen molar-refractivity contribution in [2.45, 2.75) is 24.9 Å². The van der Waals surface area contributed by atoms with Crippen LogP contribution >= 0.6 is 11.6 Å². The normalized spacial score (nSPS) is 17.8. The van der Waals surface area contributed by atoms with Crippen molar-refractivity contribution in [1.82, 2.24) is 4.90 Å². The molecule has 2 amide bonds. The first kappa shape index (κ1) is 21.6. The van der Waals surface area contributed by atoms with Gasteiger partial charge in [0.05, 0.1) is 17.2 Å². The maximum atomic E-state index is 13.6. The molecule has 3 aromatic rings. The molecular weight excluding hydrogens is 428 g/mol. The van der Waals surface area contributed by atoms with Crippen LogP contribution in [0.3, 0.4) is 0 Å². The first-order valence-corrected chi connectivity index (χ1v) is 10.6. The molecule has 1 aliphatic heterocycles. The molecule has 1 saturated heterocycles. The van der Waals surface area contributed by atoms with E-state index in [0.29, 0.717) is 17.0 Å². The molecule has 0 saturated carbocycles. The number of likely N-dealkylation sites (tertiary alicyclic amines) is 1. The Morgan fingerprint density at radius 2 is 1.56 bits per heavy atom. The molecule has 0 aliphatic carbocycles. The molecule has 0 unspecified atom stereocenters. The molecule has 3 aromatic carbocycles. The van der Waals surface area contributed by atoms with Gasteiger partial charge in [0.15, 0.2) is 0 Å². The van der Waals surface area contributed by atoms with Gasteiger partial charge in [-0.25, -0.2) is 4.79 Å². The summed E-state index contributed by atoms with van der Waals surface area (Å²) in [7, 11) is 0. The average molecular weight is 449 g/mol. The minimum absolute atomic E-state index is 0.0466. The van der Waals surface area contributed by atoms with Crippen molar-refractivity contribution in [2.75, 3.05) is 0 Å². The van der Waals surface area contributed by atoms with Gasteiger partial charge in [-0.2, -0.15) is 0 Å². The number of carbonyl (C=O) groups excluding carboxylic acids is 2. The molecule has 1 aliphatic rings. The maximum Gasteiger partial charge on any atom is 0.326 e. The van der Waals surface area contributed by atoms with Gasteiger partial charge in [-0.1, -0.05) is 66.2 Å². The number of carbonyl (C=O) groups is 3. The van der Waals surface area contributed by atoms with E-state index in [9.17, 15) is 19.5 Å². The highest BCUT2D eigenvalue weighted by molar-refractivity contribution is 6.31. The van der Waals surface area contributed by atoms with Crippen molar-refractivity contribution in [3.8, 4) is 11.1 Å². The van der Waals surface area contributed by atoms with Crippen molar-refractivity contribution in [1.29, 1.82) is 0 Å². The van der Waals surface area contributed by atoms with Crippen LogP contribution in [0.2, 0.25) is 5.02 Å². The Bertz CT molecular complexity index is 1200. The van der Waals surface area contributed by atoms with Gasteiger partial charge in [0.25, 0.3) is 5.91 Å². The van der Waals surface area contributed by atoms with Gasteiger partial charge in [0.2, 0.25) is 5.91 Å². The summed E-state index contributed by atoms with van der Waals surface area (Å²) < 4.78 is 0. The molecule has 4 rings (SSSR count). The van der Waals surface area contributed by atoms with Crippen LogP contribution in [0.15, 0.2) is 72.8 Å². The molecule has 0 radical (unpaired) electrons. The molecule has 0 spiro atoms. The van der Waals surface area contributed by atoms with Crippen LogP contribution in [-0.2, 0) is 4.79 Å². The van der Waals surface area contributed by atoms with Crippen LogP contribution < -0.4 is 5.73 Å². The molecule has 32 heavy (non-hydrogen) atoms. The lowest BCUT2D eigenvalue weighted by atomic mass is 9.97. The summed E-state index contributed by atoms with van der Waals surface area (Å²) in [4.78, 5) is 39.2. The molecule has 6 nitrogen and oxygen atoms in total. The Balaban J connectivity index is 1.79. The summed E-state index contributed by atoms with van der Waals surface area (Å²) in [6.07, 6.45) is 0.728. The molecule has 162 valence electrons. The number of nitrogens with two attached hydrogens (primary N) is 1. The van der Waals surface area contributed by atoms with Crippen LogP contribution in [0.5, 0.6) is 0 Å². The molecule has 7 heteroatoms. The van der Waals surface area contributed by atoms with Crippen molar-refractivity contribution in [3.05, 3.63) is 94.5 Å². The molecule has 3 N–H and O–H groups in total. The lowest BCUT2D eigenvalue weighted by Gasteiger charge is -2.30. The second-order valence-electron chi connectivity index (χ2n) is 7.67. The maximum absolute atomic E-state index is 13.6. The first-order chi connectivity index (χ1) is 15.4. The SMILES string of the molecule is NC(=O)c1cc(-c2ccccc2)ccc1C(=O)N1[C@@H](c2ccccc2Cl)CC[C@H]1C(=O)O. The smallest absolute Gasteiger partial charge is 0.326 e. The number of primary amides is 1. The minimum Gasteiger partial charge on any atom is -0.480 e. The Morgan fingerprint density at radius 1 is 0.875 bits per heavy atom. The van der Waals surface area contributed by atoms with Gasteiger partial charge in [0.1, 0.15) is 6.04 Å². The molecule has 0 aromatic heterocycles. The lowest BCUT2D eigenvalue weighted by Crippen LogP contribution is -2.42. The Morgan fingerprint density at radius 3 is 2.22 bits per heavy atom. The summed E-state index contributed by atoms with van der Waals surface area (Å²) in [5, 5.41) is 10.2. The van der Waals surface area contributed by atoms with Crippen LogP contribution in [0.4, 0.5) is 0 Å². The van der Waals surface area contributed by atoms with Gasteiger partial charge < -0.3 is 15.7 Å². The molecule has 1 heterocycles. The van der Waals surface area contributed by atoms with Crippen molar-refractivity contribution >= 4 is 29.4 Å². The van der Waals surface area contributed by atoms with Crippen molar-refractivity contribution in [2.24, 2.45) is 5.73 Å². The number of nitrogens with zero attached hydrogens (tertiary/aromatic N) is 1. The topological polar surface area (TPSA) is 101 Å². The molecular formula is C25H21ClN2O4. The van der Waals surface area contributed by atoms with E-state index in [1.165, 1.54) is 11.0 Å². The fraction of sp³-hybridized carbons (Fsp3) is 0.160. The summed E-state index contributed by atoms with van der Waals surface area (Å²) in [6.45, 7) is 0. The number of carboxylic acids is 1. The zero-order chi connectivity index (χ0) is 22.8. The summed E-state index contributed by atoms with van der Waals surface area (Å²) >= 11 is 6.36. The van der Waals surface area contributed by atoms with E-state index >= 15 is 0 Å². The Hall–Kier alpha value is -3.64. The van der Waals surface area contributed by atoms with Gasteiger partial charge in [-0.15, -0.1) is 0 Å². The van der Waals surface area contributed by atoms with E-state index < -0.39 is 29.9 Å². The third-order valence-electron chi connectivity index (χ3n) is 5.79. The van der Waals surface area contributed by atoms with E-state index in [4.69, 9.17) is 17.3 Å².